The Kier molecular flexibility index (Phi) is 7.86. The molecule has 3 saturated heterocycles. The summed E-state index contributed by atoms with van der Waals surface area (Å²) < 4.78 is 12.0. The minimum absolute atomic E-state index is 0.0192. The molecule has 1 spiro atoms. The van der Waals surface area contributed by atoms with E-state index in [1.54, 1.807) is 11.8 Å². The van der Waals surface area contributed by atoms with Crippen LogP contribution in [0.1, 0.15) is 72.6 Å². The predicted molar refractivity (Wildman–Crippen MR) is 119 cm³/mol. The fraction of sp³-hybridized carbons (Fsp3) is 0.875. The predicted octanol–water partition coefficient (Wildman–Crippen LogP) is 2.03. The van der Waals surface area contributed by atoms with Crippen LogP contribution in [0.5, 0.6) is 0 Å². The number of esters is 1. The number of carbonyl (C=O) groups excluding carboxylic acids is 3. The van der Waals surface area contributed by atoms with Crippen LogP contribution >= 0.6 is 0 Å². The van der Waals surface area contributed by atoms with Gasteiger partial charge in [-0.1, -0.05) is 26.7 Å². The highest BCUT2D eigenvalue weighted by Gasteiger charge is 2.80. The summed E-state index contributed by atoms with van der Waals surface area (Å²) in [7, 11) is 0. The van der Waals surface area contributed by atoms with Crippen molar-refractivity contribution in [2.45, 2.75) is 89.9 Å². The van der Waals surface area contributed by atoms with Gasteiger partial charge in [0.1, 0.15) is 17.6 Å². The summed E-state index contributed by atoms with van der Waals surface area (Å²) in [4.78, 5) is 41.8. The van der Waals surface area contributed by atoms with Crippen LogP contribution in [0, 0.1) is 17.8 Å². The SMILES string of the molecule is CCCCCNC(=O)C1N(CCCCCO)C(=O)[C@@H]2[C@@H](C(=O)OCC)[C@]3(C)OC12CC3C. The van der Waals surface area contributed by atoms with E-state index in [4.69, 9.17) is 14.6 Å². The molecule has 3 unspecified atom stereocenters. The molecule has 182 valence electrons. The lowest BCUT2D eigenvalue weighted by molar-refractivity contribution is -0.161. The molecule has 3 fully saturated rings. The lowest BCUT2D eigenvalue weighted by Crippen LogP contribution is -2.55. The molecule has 8 heteroatoms. The van der Waals surface area contributed by atoms with Crippen molar-refractivity contribution in [1.82, 2.24) is 10.2 Å². The van der Waals surface area contributed by atoms with Gasteiger partial charge >= 0.3 is 5.97 Å². The summed E-state index contributed by atoms with van der Waals surface area (Å²) in [6.45, 7) is 9.09. The monoisotopic (exact) mass is 452 g/mol. The smallest absolute Gasteiger partial charge is 0.312 e. The van der Waals surface area contributed by atoms with Crippen molar-refractivity contribution < 1.29 is 29.0 Å². The Balaban J connectivity index is 1.92. The molecule has 2 bridgehead atoms. The van der Waals surface area contributed by atoms with Gasteiger partial charge in [0.15, 0.2) is 0 Å². The van der Waals surface area contributed by atoms with Gasteiger partial charge in [-0.05, 0) is 51.9 Å². The summed E-state index contributed by atoms with van der Waals surface area (Å²) in [5.41, 5.74) is -1.83. The number of rotatable bonds is 12. The molecule has 3 heterocycles. The van der Waals surface area contributed by atoms with Crippen LogP contribution in [0.4, 0.5) is 0 Å². The Morgan fingerprint density at radius 2 is 1.97 bits per heavy atom. The summed E-state index contributed by atoms with van der Waals surface area (Å²) in [6, 6.07) is -0.751. The molecule has 0 aromatic rings. The zero-order valence-electron chi connectivity index (χ0n) is 20.0. The largest absolute Gasteiger partial charge is 0.466 e. The van der Waals surface area contributed by atoms with Crippen LogP contribution in [0.3, 0.4) is 0 Å². The number of aliphatic hydroxyl groups excluding tert-OH is 1. The van der Waals surface area contributed by atoms with E-state index in [2.05, 4.69) is 12.2 Å². The van der Waals surface area contributed by atoms with Crippen LogP contribution in [0.15, 0.2) is 0 Å². The van der Waals surface area contributed by atoms with E-state index < -0.39 is 35.0 Å². The number of fused-ring (bicyclic) bond motifs is 1. The van der Waals surface area contributed by atoms with Crippen molar-refractivity contribution >= 4 is 17.8 Å². The molecule has 2 amide bonds. The minimum Gasteiger partial charge on any atom is -0.466 e. The topological polar surface area (TPSA) is 105 Å². The molecule has 0 radical (unpaired) electrons. The molecule has 8 nitrogen and oxygen atoms in total. The number of nitrogens with one attached hydrogen (secondary N) is 1. The maximum absolute atomic E-state index is 13.7. The highest BCUT2D eigenvalue weighted by molar-refractivity contribution is 5.98. The van der Waals surface area contributed by atoms with Crippen LogP contribution in [-0.4, -0.2) is 71.3 Å². The molecule has 3 aliphatic heterocycles. The highest BCUT2D eigenvalue weighted by Crippen LogP contribution is 2.65. The summed E-state index contributed by atoms with van der Waals surface area (Å²) in [5.74, 6) is -2.18. The molecule has 2 N–H and O–H groups in total. The van der Waals surface area contributed by atoms with Crippen molar-refractivity contribution in [3.63, 3.8) is 0 Å². The number of hydrogen-bond acceptors (Lipinski definition) is 6. The lowest BCUT2D eigenvalue weighted by Gasteiger charge is -2.35. The summed E-state index contributed by atoms with van der Waals surface area (Å²) in [5, 5.41) is 12.1. The molecule has 32 heavy (non-hydrogen) atoms. The van der Waals surface area contributed by atoms with Crippen molar-refractivity contribution in [3.8, 4) is 0 Å². The number of likely N-dealkylation sites (tertiary alicyclic amines) is 1. The van der Waals surface area contributed by atoms with Gasteiger partial charge in [-0.15, -0.1) is 0 Å². The summed E-state index contributed by atoms with van der Waals surface area (Å²) >= 11 is 0. The number of nitrogens with zero attached hydrogens (tertiary/aromatic N) is 1. The Hall–Kier alpha value is -1.67. The number of amides is 2. The van der Waals surface area contributed by atoms with Crippen LogP contribution in [0.2, 0.25) is 0 Å². The number of hydrogen-bond donors (Lipinski definition) is 2. The standard InChI is InChI=1S/C24H40N2O6/c1-5-7-9-12-25-20(28)19-24-15-16(3)23(4,32-24)18(22(30)31-6-2)17(24)21(29)26(19)13-10-8-11-14-27/h16-19,27H,5-15H2,1-4H3,(H,25,28)/t16?,17-,18-,19?,23+,24?/m0/s1. The number of ether oxygens (including phenoxy) is 2. The Bertz CT molecular complexity index is 715. The molecule has 3 aliphatic rings. The third-order valence-corrected chi connectivity index (χ3v) is 7.74. The normalized spacial score (nSPS) is 35.3. The first kappa shape index (κ1) is 25.0. The molecule has 3 rings (SSSR count). The Morgan fingerprint density at radius 3 is 2.62 bits per heavy atom. The first-order valence-corrected chi connectivity index (χ1v) is 12.3. The second-order valence-corrected chi connectivity index (χ2v) is 9.77. The van der Waals surface area contributed by atoms with E-state index in [-0.39, 0.29) is 30.9 Å². The quantitative estimate of drug-likeness (QED) is 0.347. The summed E-state index contributed by atoms with van der Waals surface area (Å²) in [6.07, 6.45) is 5.64. The second-order valence-electron chi connectivity index (χ2n) is 9.77. The third-order valence-electron chi connectivity index (χ3n) is 7.74. The van der Waals surface area contributed by atoms with Crippen LogP contribution in [-0.2, 0) is 23.9 Å². The minimum atomic E-state index is -1.01. The van der Waals surface area contributed by atoms with E-state index in [0.29, 0.717) is 32.4 Å². The Morgan fingerprint density at radius 1 is 1.22 bits per heavy atom. The van der Waals surface area contributed by atoms with E-state index in [0.717, 1.165) is 25.7 Å². The van der Waals surface area contributed by atoms with Gasteiger partial charge in [0, 0.05) is 19.7 Å². The van der Waals surface area contributed by atoms with Gasteiger partial charge in [0.2, 0.25) is 11.8 Å². The van der Waals surface area contributed by atoms with E-state index in [9.17, 15) is 14.4 Å². The van der Waals surface area contributed by atoms with Gasteiger partial charge < -0.3 is 24.8 Å². The fourth-order valence-electron chi connectivity index (χ4n) is 6.12. The number of carbonyl (C=O) groups is 3. The zero-order chi connectivity index (χ0) is 23.5. The first-order valence-electron chi connectivity index (χ1n) is 12.3. The highest BCUT2D eigenvalue weighted by atomic mass is 16.6. The molecule has 0 saturated carbocycles. The van der Waals surface area contributed by atoms with Crippen molar-refractivity contribution in [3.05, 3.63) is 0 Å². The fourth-order valence-corrected chi connectivity index (χ4v) is 6.12. The maximum atomic E-state index is 13.7. The Labute approximate surface area is 191 Å². The number of aliphatic hydroxyl groups is 1. The number of unbranched alkanes of at least 4 members (excludes halogenated alkanes) is 4. The average molecular weight is 453 g/mol. The average Bonchev–Trinajstić information content (AvgIpc) is 3.26. The van der Waals surface area contributed by atoms with Crippen molar-refractivity contribution in [2.75, 3.05) is 26.3 Å². The molecule has 6 atom stereocenters. The van der Waals surface area contributed by atoms with Gasteiger partial charge in [0.05, 0.1) is 18.1 Å². The maximum Gasteiger partial charge on any atom is 0.312 e. The van der Waals surface area contributed by atoms with E-state index in [1.807, 2.05) is 13.8 Å². The second kappa shape index (κ2) is 10.1. The van der Waals surface area contributed by atoms with E-state index >= 15 is 0 Å². The van der Waals surface area contributed by atoms with Crippen LogP contribution in [0.25, 0.3) is 0 Å². The molecule has 0 aliphatic carbocycles. The third kappa shape index (κ3) is 4.04. The van der Waals surface area contributed by atoms with Gasteiger partial charge in [0.25, 0.3) is 0 Å². The molecule has 0 aromatic heterocycles. The van der Waals surface area contributed by atoms with Gasteiger partial charge in [-0.3, -0.25) is 14.4 Å². The molecule has 0 aromatic carbocycles. The molecular formula is C24H40N2O6. The van der Waals surface area contributed by atoms with Crippen molar-refractivity contribution in [2.24, 2.45) is 17.8 Å². The lowest BCUT2D eigenvalue weighted by atomic mass is 9.62. The van der Waals surface area contributed by atoms with Crippen molar-refractivity contribution in [1.29, 1.82) is 0 Å². The van der Waals surface area contributed by atoms with Gasteiger partial charge in [-0.2, -0.15) is 0 Å². The van der Waals surface area contributed by atoms with Gasteiger partial charge in [-0.25, -0.2) is 0 Å². The van der Waals surface area contributed by atoms with E-state index in [1.165, 1.54) is 0 Å². The zero-order valence-corrected chi connectivity index (χ0v) is 20.0. The first-order chi connectivity index (χ1) is 15.3. The molecular weight excluding hydrogens is 412 g/mol. The van der Waals surface area contributed by atoms with Crippen LogP contribution < -0.4 is 5.32 Å².